The highest BCUT2D eigenvalue weighted by atomic mass is 19.1. The summed E-state index contributed by atoms with van der Waals surface area (Å²) in [5.41, 5.74) is 1.06. The third-order valence-corrected chi connectivity index (χ3v) is 3.88. The minimum atomic E-state index is -0.649. The number of rotatable bonds is 6. The second-order valence-electron chi connectivity index (χ2n) is 5.86. The van der Waals surface area contributed by atoms with Gasteiger partial charge in [-0.05, 0) is 43.9 Å². The molecule has 2 aromatic rings. The molecule has 0 spiro atoms. The van der Waals surface area contributed by atoms with Gasteiger partial charge < -0.3 is 10.2 Å². The van der Waals surface area contributed by atoms with Gasteiger partial charge in [0.15, 0.2) is 0 Å². The normalized spacial score (nSPS) is 11.8. The van der Waals surface area contributed by atoms with Crippen molar-refractivity contribution in [3.63, 3.8) is 0 Å². The molecule has 4 nitrogen and oxygen atoms in total. The van der Waals surface area contributed by atoms with Gasteiger partial charge in [0.1, 0.15) is 11.6 Å². The van der Waals surface area contributed by atoms with Crippen molar-refractivity contribution in [2.75, 3.05) is 20.6 Å². The SMILES string of the molecule is CN(C)[C@@H](CNC(=O)c1cccc(CC#N)c1)c1c(F)cccc1F. The fourth-order valence-corrected chi connectivity index (χ4v) is 2.58. The Morgan fingerprint density at radius 3 is 2.44 bits per heavy atom. The van der Waals surface area contributed by atoms with E-state index < -0.39 is 17.7 Å². The highest BCUT2D eigenvalue weighted by molar-refractivity contribution is 5.94. The molecule has 130 valence electrons. The quantitative estimate of drug-likeness (QED) is 0.877. The Hall–Kier alpha value is -2.78. The van der Waals surface area contributed by atoms with E-state index in [1.165, 1.54) is 18.2 Å². The van der Waals surface area contributed by atoms with E-state index in [9.17, 15) is 13.6 Å². The van der Waals surface area contributed by atoms with Gasteiger partial charge in [-0.25, -0.2) is 8.78 Å². The van der Waals surface area contributed by atoms with Crippen molar-refractivity contribution < 1.29 is 13.6 Å². The minimum absolute atomic E-state index is 0.0478. The number of hydrogen-bond acceptors (Lipinski definition) is 3. The zero-order valence-corrected chi connectivity index (χ0v) is 14.1. The largest absolute Gasteiger partial charge is 0.350 e. The average molecular weight is 343 g/mol. The van der Waals surface area contributed by atoms with Crippen molar-refractivity contribution in [3.8, 4) is 6.07 Å². The number of carbonyl (C=O) groups is 1. The Labute approximate surface area is 145 Å². The summed E-state index contributed by atoms with van der Waals surface area (Å²) in [6, 6.07) is 11.8. The molecule has 0 fully saturated rings. The Bertz CT molecular complexity index is 779. The van der Waals surface area contributed by atoms with Crippen LogP contribution in [0.2, 0.25) is 0 Å². The van der Waals surface area contributed by atoms with Gasteiger partial charge in [0.05, 0.1) is 18.5 Å². The molecule has 1 amide bonds. The van der Waals surface area contributed by atoms with Gasteiger partial charge in [-0.1, -0.05) is 18.2 Å². The summed E-state index contributed by atoms with van der Waals surface area (Å²) in [6.07, 6.45) is 0.210. The van der Waals surface area contributed by atoms with Gasteiger partial charge in [0.2, 0.25) is 0 Å². The molecule has 0 saturated heterocycles. The zero-order chi connectivity index (χ0) is 18.4. The second kappa shape index (κ2) is 8.36. The Morgan fingerprint density at radius 1 is 1.20 bits per heavy atom. The van der Waals surface area contributed by atoms with Crippen molar-refractivity contribution in [1.82, 2.24) is 10.2 Å². The highest BCUT2D eigenvalue weighted by Crippen LogP contribution is 2.24. The van der Waals surface area contributed by atoms with E-state index in [1.807, 2.05) is 6.07 Å². The summed E-state index contributed by atoms with van der Waals surface area (Å²) in [7, 11) is 3.38. The maximum atomic E-state index is 14.0. The zero-order valence-electron chi connectivity index (χ0n) is 14.1. The van der Waals surface area contributed by atoms with E-state index in [2.05, 4.69) is 5.32 Å². The number of nitrogens with zero attached hydrogens (tertiary/aromatic N) is 2. The molecule has 0 aliphatic carbocycles. The smallest absolute Gasteiger partial charge is 0.251 e. The van der Waals surface area contributed by atoms with Gasteiger partial charge in [-0.2, -0.15) is 5.26 Å². The first kappa shape index (κ1) is 18.6. The molecule has 2 rings (SSSR count). The first-order valence-electron chi connectivity index (χ1n) is 7.78. The van der Waals surface area contributed by atoms with Crippen LogP contribution in [0, 0.1) is 23.0 Å². The molecule has 0 aromatic heterocycles. The fourth-order valence-electron chi connectivity index (χ4n) is 2.58. The lowest BCUT2D eigenvalue weighted by Gasteiger charge is -2.26. The van der Waals surface area contributed by atoms with E-state index in [0.717, 1.165) is 5.56 Å². The number of nitrogens with one attached hydrogen (secondary N) is 1. The van der Waals surface area contributed by atoms with E-state index >= 15 is 0 Å². The Balaban J connectivity index is 2.15. The molecule has 0 radical (unpaired) electrons. The molecule has 0 aliphatic heterocycles. The van der Waals surface area contributed by atoms with Gasteiger partial charge in [0, 0.05) is 17.7 Å². The molecule has 1 N–H and O–H groups in total. The van der Waals surface area contributed by atoms with E-state index in [0.29, 0.717) is 5.56 Å². The second-order valence-corrected chi connectivity index (χ2v) is 5.86. The summed E-state index contributed by atoms with van der Waals surface area (Å²) < 4.78 is 28.1. The number of amides is 1. The first-order chi connectivity index (χ1) is 11.9. The molecule has 25 heavy (non-hydrogen) atoms. The third kappa shape index (κ3) is 4.61. The maximum Gasteiger partial charge on any atom is 0.251 e. The van der Waals surface area contributed by atoms with Gasteiger partial charge >= 0.3 is 0 Å². The monoisotopic (exact) mass is 343 g/mol. The van der Waals surface area contributed by atoms with Crippen molar-refractivity contribution in [2.24, 2.45) is 0 Å². The molecule has 0 saturated carbocycles. The van der Waals surface area contributed by atoms with Crippen LogP contribution in [0.3, 0.4) is 0 Å². The summed E-state index contributed by atoms with van der Waals surface area (Å²) >= 11 is 0. The molecule has 1 atom stereocenters. The fraction of sp³-hybridized carbons (Fsp3) is 0.263. The number of likely N-dealkylation sites (N-methyl/N-ethyl adjacent to an activating group) is 1. The predicted octanol–water partition coefficient (Wildman–Crippen LogP) is 3.06. The van der Waals surface area contributed by atoms with Crippen LogP contribution in [0.1, 0.15) is 27.5 Å². The van der Waals surface area contributed by atoms with Crippen LogP contribution in [-0.4, -0.2) is 31.4 Å². The van der Waals surface area contributed by atoms with Crippen LogP contribution < -0.4 is 5.32 Å². The third-order valence-electron chi connectivity index (χ3n) is 3.88. The predicted molar refractivity (Wildman–Crippen MR) is 90.9 cm³/mol. The number of halogens is 2. The number of nitriles is 1. The molecule has 0 bridgehead atoms. The number of carbonyl (C=O) groups excluding carboxylic acids is 1. The maximum absolute atomic E-state index is 14.0. The van der Waals surface area contributed by atoms with Gasteiger partial charge in [-0.3, -0.25) is 4.79 Å². The van der Waals surface area contributed by atoms with Crippen molar-refractivity contribution in [2.45, 2.75) is 12.5 Å². The molecular formula is C19H19F2N3O. The van der Waals surface area contributed by atoms with Crippen molar-refractivity contribution in [1.29, 1.82) is 5.26 Å². The Kier molecular flexibility index (Phi) is 6.20. The van der Waals surface area contributed by atoms with Crippen LogP contribution in [0.5, 0.6) is 0 Å². The molecule has 0 aliphatic rings. The lowest BCUT2D eigenvalue weighted by molar-refractivity contribution is 0.0940. The van der Waals surface area contributed by atoms with E-state index in [-0.39, 0.29) is 24.4 Å². The first-order valence-corrected chi connectivity index (χ1v) is 7.78. The topological polar surface area (TPSA) is 56.1 Å². The van der Waals surface area contributed by atoms with Crippen molar-refractivity contribution in [3.05, 3.63) is 70.8 Å². The van der Waals surface area contributed by atoms with E-state index in [1.54, 1.807) is 43.3 Å². The summed E-state index contributed by atoms with van der Waals surface area (Å²) in [4.78, 5) is 14.0. The van der Waals surface area contributed by atoms with Crippen LogP contribution in [0.15, 0.2) is 42.5 Å². The van der Waals surface area contributed by atoms with Crippen LogP contribution in [0.25, 0.3) is 0 Å². The molecule has 0 unspecified atom stereocenters. The lowest BCUT2D eigenvalue weighted by atomic mass is 10.0. The van der Waals surface area contributed by atoms with Crippen LogP contribution >= 0.6 is 0 Å². The van der Waals surface area contributed by atoms with E-state index in [4.69, 9.17) is 5.26 Å². The molecular weight excluding hydrogens is 324 g/mol. The Morgan fingerprint density at radius 2 is 1.84 bits per heavy atom. The summed E-state index contributed by atoms with van der Waals surface area (Å²) in [5, 5.41) is 11.4. The summed E-state index contributed by atoms with van der Waals surface area (Å²) in [5.74, 6) is -1.66. The number of benzene rings is 2. The van der Waals surface area contributed by atoms with Crippen molar-refractivity contribution >= 4 is 5.91 Å². The lowest BCUT2D eigenvalue weighted by Crippen LogP contribution is -2.35. The minimum Gasteiger partial charge on any atom is -0.350 e. The standard InChI is InChI=1S/C19H19F2N3O/c1-24(2)17(18-15(20)7-4-8-16(18)21)12-23-19(25)14-6-3-5-13(11-14)9-10-22/h3-8,11,17H,9,12H2,1-2H3,(H,23,25)/t17-/m0/s1. The van der Waals surface area contributed by atoms with Gasteiger partial charge in [0.25, 0.3) is 5.91 Å². The van der Waals surface area contributed by atoms with Crippen LogP contribution in [-0.2, 0) is 6.42 Å². The summed E-state index contributed by atoms with van der Waals surface area (Å²) in [6.45, 7) is 0.0478. The highest BCUT2D eigenvalue weighted by Gasteiger charge is 2.23. The van der Waals surface area contributed by atoms with Gasteiger partial charge in [-0.15, -0.1) is 0 Å². The average Bonchev–Trinajstić information content (AvgIpc) is 2.57. The molecule has 0 heterocycles. The number of hydrogen-bond donors (Lipinski definition) is 1. The van der Waals surface area contributed by atoms with Crippen LogP contribution in [0.4, 0.5) is 8.78 Å². The molecule has 2 aromatic carbocycles. The molecule has 6 heteroatoms.